The lowest BCUT2D eigenvalue weighted by atomic mass is 10.1. The Morgan fingerprint density at radius 2 is 2.00 bits per heavy atom. The molecule has 3 heteroatoms. The molecule has 0 bridgehead atoms. The third-order valence-corrected chi connectivity index (χ3v) is 3.10. The van der Waals surface area contributed by atoms with E-state index in [1.807, 2.05) is 19.2 Å². The third-order valence-electron chi connectivity index (χ3n) is 2.77. The lowest BCUT2D eigenvalue weighted by molar-refractivity contribution is 0.788. The summed E-state index contributed by atoms with van der Waals surface area (Å²) < 4.78 is 0. The van der Waals surface area contributed by atoms with E-state index < -0.39 is 0 Å². The highest BCUT2D eigenvalue weighted by atomic mass is 35.5. The second-order valence-electron chi connectivity index (χ2n) is 4.04. The maximum absolute atomic E-state index is 6.17. The minimum Gasteiger partial charge on any atom is -0.314 e. The molecule has 0 saturated heterocycles. The topological polar surface area (TPSA) is 24.9 Å². The van der Waals surface area contributed by atoms with E-state index in [0.717, 1.165) is 33.7 Å². The Balaban J connectivity index is 2.73. The fraction of sp³-hybridized carbons (Fsp3) is 0.308. The Morgan fingerprint density at radius 3 is 2.69 bits per heavy atom. The molecular formula is C13H15ClN2. The number of aromatic nitrogens is 1. The van der Waals surface area contributed by atoms with Crippen molar-refractivity contribution in [3.05, 3.63) is 40.0 Å². The molecule has 2 nitrogen and oxygen atoms in total. The number of pyridine rings is 1. The van der Waals surface area contributed by atoms with Crippen LogP contribution in [0.1, 0.15) is 16.8 Å². The molecule has 16 heavy (non-hydrogen) atoms. The SMILES string of the molecule is CNCc1nc2c(C)ccc(Cl)c2cc1C. The molecule has 0 saturated carbocycles. The third kappa shape index (κ3) is 1.91. The number of fused-ring (bicyclic) bond motifs is 1. The molecule has 0 atom stereocenters. The molecule has 0 unspecified atom stereocenters. The molecule has 0 aliphatic rings. The molecule has 0 spiro atoms. The van der Waals surface area contributed by atoms with Crippen LogP contribution in [0.4, 0.5) is 0 Å². The number of halogens is 1. The van der Waals surface area contributed by atoms with E-state index in [9.17, 15) is 0 Å². The van der Waals surface area contributed by atoms with E-state index in [2.05, 4.69) is 30.2 Å². The Hall–Kier alpha value is -1.12. The summed E-state index contributed by atoms with van der Waals surface area (Å²) in [5, 5.41) is 4.94. The van der Waals surface area contributed by atoms with E-state index in [4.69, 9.17) is 11.6 Å². The summed E-state index contributed by atoms with van der Waals surface area (Å²) in [6.45, 7) is 4.91. The largest absolute Gasteiger partial charge is 0.314 e. The zero-order chi connectivity index (χ0) is 11.7. The van der Waals surface area contributed by atoms with E-state index in [1.54, 1.807) is 0 Å². The molecule has 0 fully saturated rings. The van der Waals surface area contributed by atoms with Gasteiger partial charge in [-0.05, 0) is 44.2 Å². The Labute approximate surface area is 101 Å². The van der Waals surface area contributed by atoms with E-state index in [1.165, 1.54) is 5.56 Å². The van der Waals surface area contributed by atoms with E-state index >= 15 is 0 Å². The van der Waals surface area contributed by atoms with Gasteiger partial charge in [-0.2, -0.15) is 0 Å². The molecule has 0 aliphatic heterocycles. The molecule has 1 heterocycles. The molecule has 84 valence electrons. The maximum atomic E-state index is 6.17. The van der Waals surface area contributed by atoms with Gasteiger partial charge in [-0.1, -0.05) is 17.7 Å². The number of hydrogen-bond donors (Lipinski definition) is 1. The number of benzene rings is 1. The first-order valence-corrected chi connectivity index (χ1v) is 5.71. The molecule has 1 aromatic carbocycles. The zero-order valence-electron chi connectivity index (χ0n) is 9.76. The smallest absolute Gasteiger partial charge is 0.0750 e. The second-order valence-corrected chi connectivity index (χ2v) is 4.45. The molecule has 1 N–H and O–H groups in total. The number of hydrogen-bond acceptors (Lipinski definition) is 2. The van der Waals surface area contributed by atoms with E-state index in [0.29, 0.717) is 0 Å². The first-order chi connectivity index (χ1) is 7.63. The predicted octanol–water partition coefficient (Wildman–Crippen LogP) is 3.22. The molecule has 1 aromatic heterocycles. The van der Waals surface area contributed by atoms with Gasteiger partial charge >= 0.3 is 0 Å². The van der Waals surface area contributed by atoms with Crippen LogP contribution in [-0.2, 0) is 6.54 Å². The van der Waals surface area contributed by atoms with Crippen molar-refractivity contribution >= 4 is 22.5 Å². The van der Waals surface area contributed by atoms with Crippen LogP contribution in [-0.4, -0.2) is 12.0 Å². The molecule has 0 aliphatic carbocycles. The minimum absolute atomic E-state index is 0.771. The summed E-state index contributed by atoms with van der Waals surface area (Å²) in [6, 6.07) is 6.05. The van der Waals surface area contributed by atoms with Crippen molar-refractivity contribution in [2.75, 3.05) is 7.05 Å². The number of nitrogens with zero attached hydrogens (tertiary/aromatic N) is 1. The van der Waals surface area contributed by atoms with Gasteiger partial charge in [0.25, 0.3) is 0 Å². The highest BCUT2D eigenvalue weighted by molar-refractivity contribution is 6.35. The van der Waals surface area contributed by atoms with Crippen molar-refractivity contribution in [3.63, 3.8) is 0 Å². The summed E-state index contributed by atoms with van der Waals surface area (Å²) in [5.74, 6) is 0. The number of rotatable bonds is 2. The van der Waals surface area contributed by atoms with Crippen molar-refractivity contribution < 1.29 is 0 Å². The van der Waals surface area contributed by atoms with Crippen LogP contribution in [0.5, 0.6) is 0 Å². The molecule has 0 amide bonds. The minimum atomic E-state index is 0.771. The van der Waals surface area contributed by atoms with Crippen molar-refractivity contribution in [2.45, 2.75) is 20.4 Å². The zero-order valence-corrected chi connectivity index (χ0v) is 10.5. The number of aryl methyl sites for hydroxylation is 2. The lowest BCUT2D eigenvalue weighted by Gasteiger charge is -2.09. The second kappa shape index (κ2) is 4.40. The first-order valence-electron chi connectivity index (χ1n) is 5.33. The van der Waals surface area contributed by atoms with Crippen molar-refractivity contribution in [1.82, 2.24) is 10.3 Å². The predicted molar refractivity (Wildman–Crippen MR) is 69.0 cm³/mol. The molecular weight excluding hydrogens is 220 g/mol. The number of nitrogens with one attached hydrogen (secondary N) is 1. The van der Waals surface area contributed by atoms with Crippen molar-refractivity contribution in [1.29, 1.82) is 0 Å². The van der Waals surface area contributed by atoms with Gasteiger partial charge in [0.1, 0.15) is 0 Å². The van der Waals surface area contributed by atoms with Crippen LogP contribution in [0.15, 0.2) is 18.2 Å². The highest BCUT2D eigenvalue weighted by Crippen LogP contribution is 2.26. The summed E-state index contributed by atoms with van der Waals surface area (Å²) in [7, 11) is 1.93. The van der Waals surface area contributed by atoms with Crippen LogP contribution >= 0.6 is 11.6 Å². The van der Waals surface area contributed by atoms with E-state index in [-0.39, 0.29) is 0 Å². The lowest BCUT2D eigenvalue weighted by Crippen LogP contribution is -2.09. The van der Waals surface area contributed by atoms with Crippen LogP contribution in [0.3, 0.4) is 0 Å². The summed E-state index contributed by atoms with van der Waals surface area (Å²) in [4.78, 5) is 4.68. The van der Waals surface area contributed by atoms with Crippen LogP contribution in [0.2, 0.25) is 5.02 Å². The first kappa shape index (κ1) is 11.4. The standard InChI is InChI=1S/C13H15ClN2/c1-8-4-5-11(14)10-6-9(2)12(7-15-3)16-13(8)10/h4-6,15H,7H2,1-3H3. The normalized spacial score (nSPS) is 11.0. The summed E-state index contributed by atoms with van der Waals surface area (Å²) >= 11 is 6.17. The van der Waals surface area contributed by atoms with Gasteiger partial charge in [0.05, 0.1) is 11.2 Å². The van der Waals surface area contributed by atoms with Gasteiger partial charge in [-0.3, -0.25) is 4.98 Å². The maximum Gasteiger partial charge on any atom is 0.0750 e. The quantitative estimate of drug-likeness (QED) is 0.863. The molecule has 2 rings (SSSR count). The van der Waals surface area contributed by atoms with Crippen molar-refractivity contribution in [2.24, 2.45) is 0 Å². The van der Waals surface area contributed by atoms with Crippen LogP contribution in [0, 0.1) is 13.8 Å². The van der Waals surface area contributed by atoms with Crippen LogP contribution in [0.25, 0.3) is 10.9 Å². The monoisotopic (exact) mass is 234 g/mol. The van der Waals surface area contributed by atoms with Crippen LogP contribution < -0.4 is 5.32 Å². The average Bonchev–Trinajstić information content (AvgIpc) is 2.26. The Kier molecular flexibility index (Phi) is 3.13. The summed E-state index contributed by atoms with van der Waals surface area (Å²) in [6.07, 6.45) is 0. The summed E-state index contributed by atoms with van der Waals surface area (Å²) in [5.41, 5.74) is 4.43. The average molecular weight is 235 g/mol. The highest BCUT2D eigenvalue weighted by Gasteiger charge is 2.07. The van der Waals surface area contributed by atoms with Gasteiger partial charge in [0, 0.05) is 17.0 Å². The van der Waals surface area contributed by atoms with Crippen molar-refractivity contribution in [3.8, 4) is 0 Å². The van der Waals surface area contributed by atoms with Gasteiger partial charge in [-0.15, -0.1) is 0 Å². The van der Waals surface area contributed by atoms with Gasteiger partial charge in [-0.25, -0.2) is 0 Å². The molecule has 2 aromatic rings. The van der Waals surface area contributed by atoms with Gasteiger partial charge < -0.3 is 5.32 Å². The Morgan fingerprint density at radius 1 is 1.25 bits per heavy atom. The molecule has 0 radical (unpaired) electrons. The fourth-order valence-electron chi connectivity index (χ4n) is 1.85. The van der Waals surface area contributed by atoms with Gasteiger partial charge in [0.2, 0.25) is 0 Å². The Bertz CT molecular complexity index is 535. The fourth-order valence-corrected chi connectivity index (χ4v) is 2.05. The van der Waals surface area contributed by atoms with Gasteiger partial charge in [0.15, 0.2) is 0 Å².